The van der Waals surface area contributed by atoms with E-state index in [2.05, 4.69) is 32.2 Å². The van der Waals surface area contributed by atoms with Gasteiger partial charge in [0.2, 0.25) is 0 Å². The molecule has 0 amide bonds. The van der Waals surface area contributed by atoms with Crippen LogP contribution in [0.2, 0.25) is 10.0 Å². The summed E-state index contributed by atoms with van der Waals surface area (Å²) in [4.78, 5) is 8.11. The van der Waals surface area contributed by atoms with Crippen molar-refractivity contribution in [3.63, 3.8) is 0 Å². The first-order valence-corrected chi connectivity index (χ1v) is 13.5. The van der Waals surface area contributed by atoms with Crippen molar-refractivity contribution in [3.8, 4) is 6.07 Å². The molecule has 6 rings (SSSR count). The van der Waals surface area contributed by atoms with E-state index in [0.29, 0.717) is 36.9 Å². The lowest BCUT2D eigenvalue weighted by Crippen LogP contribution is -2.45. The number of nitrogens with two attached hydrogens (primary N) is 1. The predicted molar refractivity (Wildman–Crippen MR) is 143 cm³/mol. The minimum atomic E-state index is -0.286. The molecule has 2 aliphatic rings. The Kier molecular flexibility index (Phi) is 6.25. The van der Waals surface area contributed by atoms with Gasteiger partial charge in [0.25, 0.3) is 0 Å². The average Bonchev–Trinajstić information content (AvgIpc) is 3.47. The highest BCUT2D eigenvalue weighted by atomic mass is 35.5. The zero-order chi connectivity index (χ0) is 25.7. The standard InChI is InChI=1S/C26H23Cl2N7OS/c27-17-4-1-5-19(22(17)28)37-23-15(13-29)11-21(35-20(14-36)32-33-25(23)35)34-9-6-26(7-10-34)12-18-16(24(26)30)3-2-8-31-18/h1-5,8,11,24,36H,6-7,9-10,12,14,30H2/t24-/m1/s1. The van der Waals surface area contributed by atoms with Gasteiger partial charge in [0.15, 0.2) is 11.5 Å². The van der Waals surface area contributed by atoms with Crippen molar-refractivity contribution in [2.45, 2.75) is 41.7 Å². The van der Waals surface area contributed by atoms with Crippen molar-refractivity contribution in [2.24, 2.45) is 11.1 Å². The molecule has 1 atom stereocenters. The van der Waals surface area contributed by atoms with E-state index in [9.17, 15) is 10.4 Å². The van der Waals surface area contributed by atoms with Crippen molar-refractivity contribution < 1.29 is 5.11 Å². The molecule has 4 aromatic rings. The average molecular weight is 552 g/mol. The van der Waals surface area contributed by atoms with Gasteiger partial charge >= 0.3 is 0 Å². The first kappa shape index (κ1) is 24.5. The molecule has 1 aromatic carbocycles. The molecule has 37 heavy (non-hydrogen) atoms. The van der Waals surface area contributed by atoms with Gasteiger partial charge in [-0.2, -0.15) is 5.26 Å². The van der Waals surface area contributed by atoms with Crippen LogP contribution in [0.1, 0.15) is 41.5 Å². The van der Waals surface area contributed by atoms with Crippen LogP contribution in [0, 0.1) is 16.7 Å². The second kappa shape index (κ2) is 9.46. The number of hydrogen-bond donors (Lipinski definition) is 2. The summed E-state index contributed by atoms with van der Waals surface area (Å²) in [6.45, 7) is 1.21. The number of nitriles is 1. The van der Waals surface area contributed by atoms with E-state index in [-0.39, 0.29) is 18.1 Å². The van der Waals surface area contributed by atoms with Gasteiger partial charge in [-0.05, 0) is 54.5 Å². The van der Waals surface area contributed by atoms with Gasteiger partial charge in [-0.3, -0.25) is 9.38 Å². The van der Waals surface area contributed by atoms with Gasteiger partial charge in [-0.25, -0.2) is 0 Å². The minimum Gasteiger partial charge on any atom is -0.388 e. The summed E-state index contributed by atoms with van der Waals surface area (Å²) in [5, 5.41) is 29.6. The molecule has 0 bridgehead atoms. The lowest BCUT2D eigenvalue weighted by atomic mass is 9.73. The molecule has 0 unspecified atom stereocenters. The number of piperidine rings is 1. The Bertz CT molecular complexity index is 1560. The van der Waals surface area contributed by atoms with Crippen LogP contribution in [-0.2, 0) is 13.0 Å². The molecule has 4 heterocycles. The Labute approximate surface area is 228 Å². The van der Waals surface area contributed by atoms with Gasteiger partial charge in [-0.1, -0.05) is 47.1 Å². The van der Waals surface area contributed by atoms with Crippen LogP contribution in [0.4, 0.5) is 5.82 Å². The monoisotopic (exact) mass is 551 g/mol. The smallest absolute Gasteiger partial charge is 0.177 e. The number of hydrogen-bond acceptors (Lipinski definition) is 8. The van der Waals surface area contributed by atoms with Gasteiger partial charge in [-0.15, -0.1) is 10.2 Å². The summed E-state index contributed by atoms with van der Waals surface area (Å²) < 4.78 is 1.84. The van der Waals surface area contributed by atoms with Crippen LogP contribution >= 0.6 is 35.0 Å². The van der Waals surface area contributed by atoms with Gasteiger partial charge < -0.3 is 15.7 Å². The molecule has 8 nitrogen and oxygen atoms in total. The number of aliphatic hydroxyl groups excluding tert-OH is 1. The van der Waals surface area contributed by atoms with E-state index in [0.717, 1.165) is 49.4 Å². The first-order valence-electron chi connectivity index (χ1n) is 11.9. The highest BCUT2D eigenvalue weighted by molar-refractivity contribution is 7.99. The van der Waals surface area contributed by atoms with Crippen molar-refractivity contribution in [3.05, 3.63) is 75.3 Å². The summed E-state index contributed by atoms with van der Waals surface area (Å²) in [5.74, 6) is 1.18. The molecule has 1 aliphatic carbocycles. The molecule has 0 saturated carbocycles. The summed E-state index contributed by atoms with van der Waals surface area (Å²) in [5.41, 5.74) is 9.90. The van der Waals surface area contributed by atoms with Crippen LogP contribution in [0.3, 0.4) is 0 Å². The van der Waals surface area contributed by atoms with Crippen molar-refractivity contribution in [1.29, 1.82) is 5.26 Å². The Balaban J connectivity index is 1.37. The van der Waals surface area contributed by atoms with Crippen LogP contribution < -0.4 is 10.6 Å². The molecule has 1 saturated heterocycles. The topological polar surface area (TPSA) is 116 Å². The molecule has 0 radical (unpaired) electrons. The number of pyridine rings is 2. The maximum Gasteiger partial charge on any atom is 0.177 e. The van der Waals surface area contributed by atoms with Crippen molar-refractivity contribution in [1.82, 2.24) is 19.6 Å². The maximum atomic E-state index is 10.1. The largest absolute Gasteiger partial charge is 0.388 e. The molecular weight excluding hydrogens is 529 g/mol. The number of benzene rings is 1. The normalized spacial score (nSPS) is 18.4. The van der Waals surface area contributed by atoms with E-state index in [1.54, 1.807) is 6.07 Å². The van der Waals surface area contributed by atoms with Crippen LogP contribution in [0.25, 0.3) is 5.65 Å². The lowest BCUT2D eigenvalue weighted by Gasteiger charge is -2.43. The Morgan fingerprint density at radius 2 is 2.00 bits per heavy atom. The number of aliphatic hydroxyl groups is 1. The molecule has 1 spiro atoms. The predicted octanol–water partition coefficient (Wildman–Crippen LogP) is 4.79. The molecule has 188 valence electrons. The third kappa shape index (κ3) is 3.95. The highest BCUT2D eigenvalue weighted by Crippen LogP contribution is 2.50. The summed E-state index contributed by atoms with van der Waals surface area (Å²) >= 11 is 14.0. The molecule has 3 N–H and O–H groups in total. The second-order valence-corrected chi connectivity index (χ2v) is 11.3. The Hall–Kier alpha value is -2.87. The van der Waals surface area contributed by atoms with E-state index >= 15 is 0 Å². The third-order valence-electron chi connectivity index (χ3n) is 7.59. The second-order valence-electron chi connectivity index (χ2n) is 9.49. The number of rotatable bonds is 4. The van der Waals surface area contributed by atoms with E-state index < -0.39 is 0 Å². The van der Waals surface area contributed by atoms with E-state index in [1.807, 2.05) is 34.9 Å². The molecule has 1 aliphatic heterocycles. The van der Waals surface area contributed by atoms with Crippen molar-refractivity contribution >= 4 is 46.4 Å². The summed E-state index contributed by atoms with van der Waals surface area (Å²) in [7, 11) is 0. The molecular formula is C26H23Cl2N7OS. The van der Waals surface area contributed by atoms with E-state index in [4.69, 9.17) is 28.9 Å². The van der Waals surface area contributed by atoms with Crippen molar-refractivity contribution in [2.75, 3.05) is 18.0 Å². The van der Waals surface area contributed by atoms with Crippen LogP contribution in [-0.4, -0.2) is 37.8 Å². The minimum absolute atomic E-state index is 0.0313. The molecule has 11 heteroatoms. The van der Waals surface area contributed by atoms with Gasteiger partial charge in [0.1, 0.15) is 18.5 Å². The zero-order valence-corrected chi connectivity index (χ0v) is 22.1. The quantitative estimate of drug-likeness (QED) is 0.371. The van der Waals surface area contributed by atoms with Gasteiger partial charge in [0.05, 0.1) is 20.5 Å². The van der Waals surface area contributed by atoms with Gasteiger partial charge in [0, 0.05) is 35.9 Å². The highest BCUT2D eigenvalue weighted by Gasteiger charge is 2.46. The Morgan fingerprint density at radius 3 is 2.73 bits per heavy atom. The third-order valence-corrected chi connectivity index (χ3v) is 9.69. The number of halogens is 2. The summed E-state index contributed by atoms with van der Waals surface area (Å²) in [6.07, 6.45) is 4.48. The number of fused-ring (bicyclic) bond motifs is 2. The molecule has 3 aromatic heterocycles. The summed E-state index contributed by atoms with van der Waals surface area (Å²) in [6, 6.07) is 13.5. The Morgan fingerprint density at radius 1 is 1.19 bits per heavy atom. The first-order chi connectivity index (χ1) is 18.0. The maximum absolute atomic E-state index is 10.1. The fourth-order valence-corrected chi connectivity index (χ4v) is 7.08. The van der Waals surface area contributed by atoms with Crippen LogP contribution in [0.5, 0.6) is 0 Å². The number of anilines is 1. The van der Waals surface area contributed by atoms with E-state index in [1.165, 1.54) is 11.8 Å². The lowest BCUT2D eigenvalue weighted by molar-refractivity contribution is 0.186. The fourth-order valence-electron chi connectivity index (χ4n) is 5.60. The number of nitrogens with zero attached hydrogens (tertiary/aromatic N) is 6. The molecule has 1 fully saturated rings. The fraction of sp³-hybridized carbons (Fsp3) is 0.308. The zero-order valence-electron chi connectivity index (χ0n) is 19.7. The SMILES string of the molecule is N#Cc1cc(N2CCC3(CC2)Cc2ncccc2[C@H]3N)n2c(CO)nnc2c1Sc1cccc(Cl)c1Cl. The van der Waals surface area contributed by atoms with Crippen LogP contribution in [0.15, 0.2) is 52.4 Å². The number of aromatic nitrogens is 4.